The smallest absolute Gasteiger partial charge is 0.309 e. The van der Waals surface area contributed by atoms with E-state index in [0.717, 1.165) is 116 Å². The first-order chi connectivity index (χ1) is 42.7. The maximum atomic E-state index is 14.7. The molecule has 0 spiro atoms. The molecule has 0 aliphatic carbocycles. The van der Waals surface area contributed by atoms with Crippen LogP contribution in [0.4, 0.5) is 13.2 Å². The fourth-order valence-corrected chi connectivity index (χ4v) is 13.5. The van der Waals surface area contributed by atoms with Crippen LogP contribution in [0.25, 0.3) is 155 Å². The second-order valence-corrected chi connectivity index (χ2v) is 22.6. The van der Waals surface area contributed by atoms with Gasteiger partial charge in [0, 0.05) is 71.3 Å². The Morgan fingerprint density at radius 2 is 0.621 bits per heavy atom. The van der Waals surface area contributed by atoms with E-state index in [0.29, 0.717) is 28.5 Å². The number of benzene rings is 12. The monoisotopic (exact) mass is 1130 g/mol. The highest BCUT2D eigenvalue weighted by Gasteiger charge is 2.31. The van der Waals surface area contributed by atoms with Crippen molar-refractivity contribution in [2.75, 3.05) is 0 Å². The molecule has 12 aromatic carbocycles. The molecular weight excluding hydrogens is 1080 g/mol. The highest BCUT2D eigenvalue weighted by Crippen LogP contribution is 2.43. The quantitative estimate of drug-likeness (QED) is 0.152. The minimum Gasteiger partial charge on any atom is -0.309 e. The Morgan fingerprint density at radius 3 is 1.06 bits per heavy atom. The number of aromatic nitrogens is 6. The van der Waals surface area contributed by atoms with Crippen molar-refractivity contribution in [3.8, 4) is 67.8 Å². The first-order valence-electron chi connectivity index (χ1n) is 29.1. The molecule has 87 heavy (non-hydrogen) atoms. The van der Waals surface area contributed by atoms with Gasteiger partial charge in [0.25, 0.3) is 0 Å². The summed E-state index contributed by atoms with van der Waals surface area (Å²) in [5.74, 6) is 0.337. The van der Waals surface area contributed by atoms with Crippen molar-refractivity contribution >= 4 is 87.2 Å². The maximum absolute atomic E-state index is 14.7. The number of hydrogen-bond acceptors (Lipinski definition) is 2. The average Bonchev–Trinajstić information content (AvgIpc) is 1.75. The van der Waals surface area contributed by atoms with Gasteiger partial charge in [0.1, 0.15) is 0 Å². The van der Waals surface area contributed by atoms with Gasteiger partial charge >= 0.3 is 6.18 Å². The summed E-state index contributed by atoms with van der Waals surface area (Å²) in [7, 11) is 0. The van der Waals surface area contributed by atoms with Crippen molar-refractivity contribution in [2.45, 2.75) is 13.1 Å². The van der Waals surface area contributed by atoms with E-state index < -0.39 is 11.7 Å². The van der Waals surface area contributed by atoms with Crippen LogP contribution in [0, 0.1) is 6.92 Å². The third-order valence-electron chi connectivity index (χ3n) is 17.4. The van der Waals surface area contributed by atoms with Crippen LogP contribution in [0.1, 0.15) is 11.1 Å². The summed E-state index contributed by atoms with van der Waals surface area (Å²) in [5, 5.41) is 8.92. The Balaban J connectivity index is 0.806. The fraction of sp³-hybridized carbons (Fsp3) is 0.0256. The molecule has 0 atom stereocenters. The van der Waals surface area contributed by atoms with E-state index in [1.807, 2.05) is 47.0 Å². The van der Waals surface area contributed by atoms with Gasteiger partial charge < -0.3 is 13.7 Å². The van der Waals surface area contributed by atoms with E-state index >= 15 is 0 Å². The molecule has 9 heteroatoms. The number of hydrogen-bond donors (Lipinski definition) is 0. The zero-order valence-corrected chi connectivity index (χ0v) is 46.9. The molecule has 0 unspecified atom stereocenters. The standard InChI is InChI=1S/C78H49F3N6/c1-48-39-54(41-55(40-48)78(79,80)81)68-47-67(82-77(83-68)87-72-30-15-11-26-62(72)66-46-52(34-38-76(66)87)50-32-36-74-64(44-50)60-24-9-13-28-70(60)85(74)57-20-6-3-7-21-57)53-17-16-22-58(42-53)86-71-29-14-10-25-61(71)65-45-51(33-37-75(65)86)49-31-35-73-63(43-49)59-23-8-12-27-69(59)84(73)56-18-4-2-5-19-56/h2-47H,1H3. The predicted molar refractivity (Wildman–Crippen MR) is 351 cm³/mol. The Labute approximate surface area is 497 Å². The van der Waals surface area contributed by atoms with Gasteiger partial charge in [-0.05, 0) is 168 Å². The summed E-state index contributed by atoms with van der Waals surface area (Å²) in [4.78, 5) is 10.6. The molecular formula is C78H49F3N6. The zero-order chi connectivity index (χ0) is 58.1. The van der Waals surface area contributed by atoms with Gasteiger partial charge in [0.15, 0.2) is 0 Å². The number of alkyl halides is 3. The van der Waals surface area contributed by atoms with Crippen LogP contribution in [-0.4, -0.2) is 28.2 Å². The van der Waals surface area contributed by atoms with Crippen molar-refractivity contribution in [2.24, 2.45) is 0 Å². The fourth-order valence-electron chi connectivity index (χ4n) is 13.5. The highest BCUT2D eigenvalue weighted by atomic mass is 19.4. The maximum Gasteiger partial charge on any atom is 0.416 e. The first-order valence-corrected chi connectivity index (χ1v) is 29.1. The molecule has 0 bridgehead atoms. The molecule has 0 saturated carbocycles. The molecule has 17 aromatic rings. The second kappa shape index (κ2) is 19.4. The molecule has 0 fully saturated rings. The molecule has 0 saturated heterocycles. The summed E-state index contributed by atoms with van der Waals surface area (Å²) >= 11 is 0. The van der Waals surface area contributed by atoms with Gasteiger partial charge in [-0.25, -0.2) is 9.97 Å². The van der Waals surface area contributed by atoms with E-state index in [1.54, 1.807) is 13.0 Å². The Bertz CT molecular complexity index is 5650. The van der Waals surface area contributed by atoms with Crippen LogP contribution in [0.3, 0.4) is 0 Å². The molecule has 17 rings (SSSR count). The predicted octanol–water partition coefficient (Wildman–Crippen LogP) is 20.9. The number of halogens is 3. The van der Waals surface area contributed by atoms with Crippen molar-refractivity contribution in [3.63, 3.8) is 0 Å². The van der Waals surface area contributed by atoms with E-state index in [2.05, 4.69) is 232 Å². The Kier molecular flexibility index (Phi) is 11.2. The van der Waals surface area contributed by atoms with Crippen LogP contribution in [0.2, 0.25) is 0 Å². The Hall–Kier alpha value is -11.3. The molecule has 5 aromatic heterocycles. The van der Waals surface area contributed by atoms with Crippen molar-refractivity contribution in [1.82, 2.24) is 28.2 Å². The molecule has 0 N–H and O–H groups in total. The third-order valence-corrected chi connectivity index (χ3v) is 17.4. The molecule has 412 valence electrons. The molecule has 0 aliphatic rings. The summed E-state index contributed by atoms with van der Waals surface area (Å²) < 4.78 is 53.0. The lowest BCUT2D eigenvalue weighted by atomic mass is 10.0. The highest BCUT2D eigenvalue weighted by molar-refractivity contribution is 6.15. The number of rotatable bonds is 8. The van der Waals surface area contributed by atoms with Crippen LogP contribution < -0.4 is 0 Å². The minimum absolute atomic E-state index is 0.337. The minimum atomic E-state index is -4.57. The van der Waals surface area contributed by atoms with E-state index in [9.17, 15) is 13.2 Å². The summed E-state index contributed by atoms with van der Waals surface area (Å²) in [5.41, 5.74) is 17.6. The topological polar surface area (TPSA) is 45.5 Å². The molecule has 0 aliphatic heterocycles. The van der Waals surface area contributed by atoms with Gasteiger partial charge in [-0.3, -0.25) is 4.57 Å². The van der Waals surface area contributed by atoms with Gasteiger partial charge in [-0.1, -0.05) is 146 Å². The zero-order valence-electron chi connectivity index (χ0n) is 46.9. The van der Waals surface area contributed by atoms with Crippen LogP contribution in [0.15, 0.2) is 279 Å². The molecule has 0 radical (unpaired) electrons. The van der Waals surface area contributed by atoms with Crippen molar-refractivity contribution in [1.29, 1.82) is 0 Å². The number of para-hydroxylation sites is 6. The van der Waals surface area contributed by atoms with E-state index in [4.69, 9.17) is 9.97 Å². The normalized spacial score (nSPS) is 12.1. The number of fused-ring (bicyclic) bond motifs is 12. The van der Waals surface area contributed by atoms with Crippen LogP contribution in [-0.2, 0) is 6.18 Å². The van der Waals surface area contributed by atoms with Crippen molar-refractivity contribution < 1.29 is 13.2 Å². The summed E-state index contributed by atoms with van der Waals surface area (Å²) in [6.45, 7) is 1.69. The van der Waals surface area contributed by atoms with Crippen LogP contribution in [0.5, 0.6) is 0 Å². The van der Waals surface area contributed by atoms with Crippen molar-refractivity contribution in [3.05, 3.63) is 290 Å². The second-order valence-electron chi connectivity index (χ2n) is 22.6. The largest absolute Gasteiger partial charge is 0.416 e. The number of nitrogens with zero attached hydrogens (tertiary/aromatic N) is 6. The molecule has 5 heterocycles. The summed E-state index contributed by atoms with van der Waals surface area (Å²) in [6.07, 6.45) is -4.57. The first kappa shape index (κ1) is 50.2. The lowest BCUT2D eigenvalue weighted by molar-refractivity contribution is -0.137. The third kappa shape index (κ3) is 8.11. The number of aryl methyl sites for hydroxylation is 1. The Morgan fingerprint density at radius 1 is 0.264 bits per heavy atom. The van der Waals surface area contributed by atoms with Gasteiger partial charge in [0.05, 0.1) is 61.1 Å². The van der Waals surface area contributed by atoms with E-state index in [1.165, 1.54) is 28.3 Å². The van der Waals surface area contributed by atoms with Crippen LogP contribution >= 0.6 is 0 Å². The molecule has 0 amide bonds. The molecule has 6 nitrogen and oxygen atoms in total. The SMILES string of the molecule is Cc1cc(-c2cc(-c3cccc(-n4c5ccccc5c5cc(-c6ccc7c(c6)c6ccccc6n7-c6ccccc6)ccc54)c3)nc(-n3c4ccccc4c4cc(-c5ccc6c(c5)c5ccccc5n6-c5ccccc5)ccc43)n2)cc(C(F)(F)F)c1. The van der Waals surface area contributed by atoms with Gasteiger partial charge in [-0.15, -0.1) is 0 Å². The van der Waals surface area contributed by atoms with Gasteiger partial charge in [-0.2, -0.15) is 13.2 Å². The lowest BCUT2D eigenvalue weighted by Crippen LogP contribution is -2.07. The lowest BCUT2D eigenvalue weighted by Gasteiger charge is -2.15. The van der Waals surface area contributed by atoms with E-state index in [-0.39, 0.29) is 0 Å². The average molecular weight is 1130 g/mol. The summed E-state index contributed by atoms with van der Waals surface area (Å²) in [6, 6.07) is 95.7. The van der Waals surface area contributed by atoms with Gasteiger partial charge in [0.2, 0.25) is 5.95 Å².